The normalized spacial score (nSPS) is 23.7. The smallest absolute Gasteiger partial charge is 0.225 e. The van der Waals surface area contributed by atoms with Crippen LogP contribution in [-0.2, 0) is 4.74 Å². The van der Waals surface area contributed by atoms with Crippen molar-refractivity contribution in [2.24, 2.45) is 5.73 Å². The van der Waals surface area contributed by atoms with Crippen LogP contribution in [0.3, 0.4) is 0 Å². The van der Waals surface area contributed by atoms with Crippen LogP contribution in [0.4, 0.5) is 5.95 Å². The predicted octanol–water partition coefficient (Wildman–Crippen LogP) is 1.61. The van der Waals surface area contributed by atoms with Crippen molar-refractivity contribution in [3.8, 4) is 0 Å². The monoisotopic (exact) mass is 276 g/mol. The Labute approximate surface area is 120 Å². The summed E-state index contributed by atoms with van der Waals surface area (Å²) in [6.45, 7) is 5.19. The molecule has 0 spiro atoms. The highest BCUT2D eigenvalue weighted by molar-refractivity contribution is 5.34. The molecule has 0 radical (unpaired) electrons. The molecule has 3 rings (SSSR count). The van der Waals surface area contributed by atoms with Crippen molar-refractivity contribution >= 4 is 5.95 Å². The van der Waals surface area contributed by atoms with Crippen molar-refractivity contribution < 1.29 is 4.74 Å². The number of nitrogens with zero attached hydrogens (tertiary/aromatic N) is 3. The molecule has 1 unspecified atom stereocenters. The van der Waals surface area contributed by atoms with Crippen LogP contribution in [-0.4, -0.2) is 42.3 Å². The summed E-state index contributed by atoms with van der Waals surface area (Å²) in [5, 5.41) is 0. The highest BCUT2D eigenvalue weighted by atomic mass is 16.5. The Hall–Kier alpha value is -1.20. The molecular formula is C15H24N4O. The zero-order valence-corrected chi connectivity index (χ0v) is 12.2. The molecule has 5 nitrogen and oxygen atoms in total. The fraction of sp³-hybridized carbons (Fsp3) is 0.733. The molecule has 0 aromatic carbocycles. The summed E-state index contributed by atoms with van der Waals surface area (Å²) in [4.78, 5) is 11.7. The molecule has 2 fully saturated rings. The Kier molecular flexibility index (Phi) is 4.17. The van der Waals surface area contributed by atoms with Gasteiger partial charge in [0.15, 0.2) is 0 Å². The third-order valence-electron chi connectivity index (χ3n) is 4.30. The van der Waals surface area contributed by atoms with Crippen LogP contribution < -0.4 is 10.6 Å². The first-order chi connectivity index (χ1) is 9.76. The number of hydrogen-bond donors (Lipinski definition) is 1. The zero-order chi connectivity index (χ0) is 13.9. The second-order valence-electron chi connectivity index (χ2n) is 5.88. The summed E-state index contributed by atoms with van der Waals surface area (Å²) >= 11 is 0. The third-order valence-corrected chi connectivity index (χ3v) is 4.30. The Bertz CT molecular complexity index is 459. The van der Waals surface area contributed by atoms with Crippen LogP contribution >= 0.6 is 0 Å². The maximum Gasteiger partial charge on any atom is 0.225 e. The van der Waals surface area contributed by atoms with E-state index in [1.165, 1.54) is 25.0 Å². The van der Waals surface area contributed by atoms with Crippen LogP contribution in [0.5, 0.6) is 0 Å². The molecule has 110 valence electrons. The molecule has 0 amide bonds. The summed E-state index contributed by atoms with van der Waals surface area (Å²) in [6.07, 6.45) is 4.99. The summed E-state index contributed by atoms with van der Waals surface area (Å²) in [7, 11) is 0. The van der Waals surface area contributed by atoms with Crippen LogP contribution in [0.15, 0.2) is 6.07 Å². The van der Waals surface area contributed by atoms with Gasteiger partial charge in [0.1, 0.15) is 0 Å². The quantitative estimate of drug-likeness (QED) is 0.905. The van der Waals surface area contributed by atoms with E-state index in [4.69, 9.17) is 15.5 Å². The van der Waals surface area contributed by atoms with E-state index in [1.807, 2.05) is 0 Å². The molecule has 5 heteroatoms. The molecule has 1 atom stereocenters. The number of aryl methyl sites for hydroxylation is 1. The van der Waals surface area contributed by atoms with Gasteiger partial charge in [-0.15, -0.1) is 0 Å². The largest absolute Gasteiger partial charge is 0.374 e. The van der Waals surface area contributed by atoms with Gasteiger partial charge < -0.3 is 15.4 Å². The van der Waals surface area contributed by atoms with Gasteiger partial charge in [0, 0.05) is 30.4 Å². The Balaban J connectivity index is 1.76. The zero-order valence-electron chi connectivity index (χ0n) is 12.2. The lowest BCUT2D eigenvalue weighted by Gasteiger charge is -2.34. The summed E-state index contributed by atoms with van der Waals surface area (Å²) in [5.74, 6) is 1.52. The van der Waals surface area contributed by atoms with E-state index in [1.54, 1.807) is 0 Å². The van der Waals surface area contributed by atoms with Crippen molar-refractivity contribution in [3.63, 3.8) is 0 Å². The molecule has 1 aliphatic heterocycles. The third kappa shape index (κ3) is 2.94. The molecule has 2 heterocycles. The number of hydrogen-bond acceptors (Lipinski definition) is 5. The molecule has 20 heavy (non-hydrogen) atoms. The van der Waals surface area contributed by atoms with Gasteiger partial charge >= 0.3 is 0 Å². The second kappa shape index (κ2) is 6.06. The highest BCUT2D eigenvalue weighted by Gasteiger charge is 2.25. The van der Waals surface area contributed by atoms with Gasteiger partial charge in [-0.25, -0.2) is 9.97 Å². The van der Waals surface area contributed by atoms with E-state index < -0.39 is 0 Å². The van der Waals surface area contributed by atoms with E-state index in [0.717, 1.165) is 37.8 Å². The number of rotatable bonds is 4. The predicted molar refractivity (Wildman–Crippen MR) is 79.0 cm³/mol. The fourth-order valence-electron chi connectivity index (χ4n) is 2.89. The minimum absolute atomic E-state index is 0.213. The van der Waals surface area contributed by atoms with Gasteiger partial charge in [-0.2, -0.15) is 0 Å². The van der Waals surface area contributed by atoms with Crippen molar-refractivity contribution in [1.82, 2.24) is 9.97 Å². The second-order valence-corrected chi connectivity index (χ2v) is 5.88. The number of morpholine rings is 1. The summed E-state index contributed by atoms with van der Waals surface area (Å²) < 4.78 is 5.73. The average Bonchev–Trinajstić information content (AvgIpc) is 2.37. The lowest BCUT2D eigenvalue weighted by molar-refractivity contribution is 0.0363. The van der Waals surface area contributed by atoms with Crippen molar-refractivity contribution in [2.75, 3.05) is 31.1 Å². The maximum absolute atomic E-state index is 5.73. The minimum atomic E-state index is 0.213. The SMILES string of the molecule is Cc1cc(C2CCC2)nc(N2CCOC(CCN)C2)n1. The number of ether oxygens (including phenoxy) is 1. The van der Waals surface area contributed by atoms with E-state index in [9.17, 15) is 0 Å². The van der Waals surface area contributed by atoms with Gasteiger partial charge in [0.2, 0.25) is 5.95 Å². The number of anilines is 1. The van der Waals surface area contributed by atoms with Gasteiger partial charge in [0.25, 0.3) is 0 Å². The lowest BCUT2D eigenvalue weighted by Crippen LogP contribution is -2.44. The first kappa shape index (κ1) is 13.8. The minimum Gasteiger partial charge on any atom is -0.374 e. The average molecular weight is 276 g/mol. The molecule has 1 aromatic rings. The standard InChI is InChI=1S/C15H24N4O/c1-11-9-14(12-3-2-4-12)18-15(17-11)19-7-8-20-13(10-19)5-6-16/h9,12-13H,2-8,10,16H2,1H3. The van der Waals surface area contributed by atoms with E-state index >= 15 is 0 Å². The van der Waals surface area contributed by atoms with Gasteiger partial charge in [-0.1, -0.05) is 6.42 Å². The molecule has 1 aromatic heterocycles. The topological polar surface area (TPSA) is 64.3 Å². The van der Waals surface area contributed by atoms with Crippen molar-refractivity contribution in [2.45, 2.75) is 44.6 Å². The Morgan fingerprint density at radius 1 is 1.40 bits per heavy atom. The van der Waals surface area contributed by atoms with E-state index in [2.05, 4.69) is 22.9 Å². The Morgan fingerprint density at radius 2 is 2.25 bits per heavy atom. The number of nitrogens with two attached hydrogens (primary N) is 1. The summed E-state index contributed by atoms with van der Waals surface area (Å²) in [5.41, 5.74) is 7.92. The lowest BCUT2D eigenvalue weighted by atomic mass is 9.83. The summed E-state index contributed by atoms with van der Waals surface area (Å²) in [6, 6.07) is 2.14. The van der Waals surface area contributed by atoms with Crippen LogP contribution in [0.2, 0.25) is 0 Å². The fourth-order valence-corrected chi connectivity index (χ4v) is 2.89. The molecule has 1 saturated carbocycles. The van der Waals surface area contributed by atoms with Crippen molar-refractivity contribution in [3.05, 3.63) is 17.5 Å². The molecule has 1 aliphatic carbocycles. The molecule has 1 saturated heterocycles. The highest BCUT2D eigenvalue weighted by Crippen LogP contribution is 2.36. The van der Waals surface area contributed by atoms with Crippen LogP contribution in [0.25, 0.3) is 0 Å². The van der Waals surface area contributed by atoms with Crippen LogP contribution in [0, 0.1) is 6.92 Å². The van der Waals surface area contributed by atoms with Crippen molar-refractivity contribution in [1.29, 1.82) is 0 Å². The first-order valence-corrected chi connectivity index (χ1v) is 7.68. The first-order valence-electron chi connectivity index (χ1n) is 7.68. The molecular weight excluding hydrogens is 252 g/mol. The van der Waals surface area contributed by atoms with Crippen LogP contribution in [0.1, 0.15) is 43.0 Å². The van der Waals surface area contributed by atoms with Gasteiger partial charge in [-0.05, 0) is 38.8 Å². The van der Waals surface area contributed by atoms with E-state index in [0.29, 0.717) is 12.5 Å². The van der Waals surface area contributed by atoms with E-state index in [-0.39, 0.29) is 6.10 Å². The molecule has 2 aliphatic rings. The molecule has 0 bridgehead atoms. The maximum atomic E-state index is 5.73. The Morgan fingerprint density at radius 3 is 2.95 bits per heavy atom. The van der Waals surface area contributed by atoms with Gasteiger partial charge in [-0.3, -0.25) is 0 Å². The van der Waals surface area contributed by atoms with Gasteiger partial charge in [0.05, 0.1) is 12.7 Å². The molecule has 2 N–H and O–H groups in total. The number of aromatic nitrogens is 2.